The smallest absolute Gasteiger partial charge is 0.225 e. The van der Waals surface area contributed by atoms with Gasteiger partial charge in [0.05, 0.1) is 0 Å². The van der Waals surface area contributed by atoms with Crippen molar-refractivity contribution in [2.24, 2.45) is 0 Å². The molecule has 0 aliphatic carbocycles. The van der Waals surface area contributed by atoms with Crippen molar-refractivity contribution in [3.8, 4) is 5.75 Å². The number of rotatable bonds is 7. The number of hydrogen-bond acceptors (Lipinski definition) is 4. The van der Waals surface area contributed by atoms with Crippen LogP contribution in [0.15, 0.2) is 73.2 Å². The average molecular weight is 333 g/mol. The Morgan fingerprint density at radius 1 is 0.920 bits per heavy atom. The molecule has 1 aromatic carbocycles. The van der Waals surface area contributed by atoms with Crippen LogP contribution >= 0.6 is 0 Å². The number of nitrogens with zero attached hydrogens (tertiary/aromatic N) is 2. The third kappa shape index (κ3) is 5.14. The molecule has 0 atom stereocenters. The van der Waals surface area contributed by atoms with Crippen molar-refractivity contribution in [2.75, 3.05) is 5.32 Å². The number of anilines is 1. The number of carbonyl (C=O) groups excluding carboxylic acids is 1. The monoisotopic (exact) mass is 333 g/mol. The second-order valence-corrected chi connectivity index (χ2v) is 5.53. The Labute approximate surface area is 146 Å². The van der Waals surface area contributed by atoms with E-state index in [1.165, 1.54) is 0 Å². The molecule has 0 spiro atoms. The van der Waals surface area contributed by atoms with Gasteiger partial charge in [-0.2, -0.15) is 0 Å². The fourth-order valence-corrected chi connectivity index (χ4v) is 2.34. The molecular weight excluding hydrogens is 314 g/mol. The maximum Gasteiger partial charge on any atom is 0.225 e. The van der Waals surface area contributed by atoms with Gasteiger partial charge in [-0.25, -0.2) is 4.98 Å². The highest BCUT2D eigenvalue weighted by molar-refractivity contribution is 5.91. The third-order valence-corrected chi connectivity index (χ3v) is 3.66. The number of nitrogens with one attached hydrogen (secondary N) is 1. The molecule has 0 aliphatic rings. The largest absolute Gasteiger partial charge is 0.485 e. The normalized spacial score (nSPS) is 10.2. The predicted octanol–water partition coefficient (Wildman–Crippen LogP) is 3.63. The van der Waals surface area contributed by atoms with Gasteiger partial charge in [-0.15, -0.1) is 0 Å². The highest BCUT2D eigenvalue weighted by Gasteiger charge is 2.09. The zero-order valence-corrected chi connectivity index (χ0v) is 13.8. The van der Waals surface area contributed by atoms with Gasteiger partial charge in [-0.05, 0) is 41.8 Å². The fourth-order valence-electron chi connectivity index (χ4n) is 2.34. The molecule has 3 rings (SSSR count). The minimum atomic E-state index is -0.0867. The fraction of sp³-hybridized carbons (Fsp3) is 0.150. The second kappa shape index (κ2) is 8.59. The predicted molar refractivity (Wildman–Crippen MR) is 96.2 cm³/mol. The van der Waals surface area contributed by atoms with Crippen LogP contribution in [0.1, 0.15) is 17.5 Å². The van der Waals surface area contributed by atoms with Gasteiger partial charge in [-0.3, -0.25) is 9.78 Å². The lowest BCUT2D eigenvalue weighted by molar-refractivity contribution is -0.116. The maximum absolute atomic E-state index is 12.2. The first-order chi connectivity index (χ1) is 12.3. The Balaban J connectivity index is 1.57. The molecular formula is C20H19N3O2. The summed E-state index contributed by atoms with van der Waals surface area (Å²) in [5.41, 5.74) is 2.13. The number of benzene rings is 1. The van der Waals surface area contributed by atoms with Gasteiger partial charge in [0.25, 0.3) is 0 Å². The molecule has 2 heterocycles. The van der Waals surface area contributed by atoms with E-state index in [4.69, 9.17) is 4.74 Å². The van der Waals surface area contributed by atoms with E-state index in [9.17, 15) is 4.79 Å². The van der Waals surface area contributed by atoms with Crippen molar-refractivity contribution in [3.05, 3.63) is 84.3 Å². The van der Waals surface area contributed by atoms with Crippen LogP contribution in [0.2, 0.25) is 0 Å². The summed E-state index contributed by atoms with van der Waals surface area (Å²) in [6.45, 7) is 0.390. The Morgan fingerprint density at radius 2 is 1.72 bits per heavy atom. The van der Waals surface area contributed by atoms with E-state index >= 15 is 0 Å². The third-order valence-electron chi connectivity index (χ3n) is 3.66. The Morgan fingerprint density at radius 3 is 2.52 bits per heavy atom. The summed E-state index contributed by atoms with van der Waals surface area (Å²) in [5.74, 6) is 0.901. The van der Waals surface area contributed by atoms with Crippen molar-refractivity contribution in [3.63, 3.8) is 0 Å². The average Bonchev–Trinajstić information content (AvgIpc) is 2.67. The summed E-state index contributed by atoms with van der Waals surface area (Å²) < 4.78 is 5.78. The van der Waals surface area contributed by atoms with Crippen LogP contribution < -0.4 is 10.1 Å². The Kier molecular flexibility index (Phi) is 5.72. The van der Waals surface area contributed by atoms with E-state index in [0.29, 0.717) is 31.0 Å². The van der Waals surface area contributed by atoms with Gasteiger partial charge in [0.2, 0.25) is 5.91 Å². The van der Waals surface area contributed by atoms with Crippen molar-refractivity contribution in [1.29, 1.82) is 0 Å². The van der Waals surface area contributed by atoms with Crippen LogP contribution in [0.25, 0.3) is 0 Å². The molecule has 0 saturated carbocycles. The van der Waals surface area contributed by atoms with E-state index in [1.807, 2.05) is 42.5 Å². The van der Waals surface area contributed by atoms with Crippen molar-refractivity contribution >= 4 is 11.7 Å². The molecule has 1 N–H and O–H groups in total. The van der Waals surface area contributed by atoms with Crippen LogP contribution in [-0.2, 0) is 17.8 Å². The molecule has 0 radical (unpaired) electrons. The van der Waals surface area contributed by atoms with Crippen molar-refractivity contribution < 1.29 is 9.53 Å². The number of ether oxygens (including phenoxy) is 1. The van der Waals surface area contributed by atoms with Crippen LogP contribution in [0, 0.1) is 0 Å². The van der Waals surface area contributed by atoms with Gasteiger partial charge in [0.15, 0.2) is 11.6 Å². The lowest BCUT2D eigenvalue weighted by Crippen LogP contribution is -2.14. The quantitative estimate of drug-likeness (QED) is 0.717. The molecule has 0 saturated heterocycles. The molecule has 5 heteroatoms. The zero-order chi connectivity index (χ0) is 17.3. The number of carbonyl (C=O) groups is 1. The molecule has 0 unspecified atom stereocenters. The van der Waals surface area contributed by atoms with Gasteiger partial charge < -0.3 is 10.1 Å². The number of aromatic nitrogens is 2. The molecule has 126 valence electrons. The number of pyridine rings is 2. The van der Waals surface area contributed by atoms with Gasteiger partial charge >= 0.3 is 0 Å². The zero-order valence-electron chi connectivity index (χ0n) is 13.8. The molecule has 2 aromatic heterocycles. The van der Waals surface area contributed by atoms with E-state index in [-0.39, 0.29) is 5.91 Å². The minimum absolute atomic E-state index is 0.0867. The van der Waals surface area contributed by atoms with Crippen LogP contribution in [0.3, 0.4) is 0 Å². The molecule has 3 aromatic rings. The molecule has 5 nitrogen and oxygen atoms in total. The van der Waals surface area contributed by atoms with Gasteiger partial charge in [0, 0.05) is 25.0 Å². The molecule has 0 aliphatic heterocycles. The first kappa shape index (κ1) is 16.6. The van der Waals surface area contributed by atoms with Crippen LogP contribution in [-0.4, -0.2) is 15.9 Å². The first-order valence-electron chi connectivity index (χ1n) is 8.12. The first-order valence-corrected chi connectivity index (χ1v) is 8.12. The molecule has 0 fully saturated rings. The SMILES string of the molecule is O=C(CCc1ccccc1)Nc1ncccc1OCc1ccncc1. The molecule has 0 bridgehead atoms. The van der Waals surface area contributed by atoms with Gasteiger partial charge in [0.1, 0.15) is 6.61 Å². The Bertz CT molecular complexity index is 807. The summed E-state index contributed by atoms with van der Waals surface area (Å²) in [6.07, 6.45) is 6.14. The topological polar surface area (TPSA) is 64.1 Å². The highest BCUT2D eigenvalue weighted by atomic mass is 16.5. The van der Waals surface area contributed by atoms with E-state index in [0.717, 1.165) is 11.1 Å². The standard InChI is InChI=1S/C20H19N3O2/c24-19(9-8-16-5-2-1-3-6-16)23-20-18(7-4-12-22-20)25-15-17-10-13-21-14-11-17/h1-7,10-14H,8-9,15H2,(H,22,23,24). The summed E-state index contributed by atoms with van der Waals surface area (Å²) >= 11 is 0. The van der Waals surface area contributed by atoms with Crippen LogP contribution in [0.5, 0.6) is 5.75 Å². The number of aryl methyl sites for hydroxylation is 1. The summed E-state index contributed by atoms with van der Waals surface area (Å²) in [6, 6.07) is 17.3. The van der Waals surface area contributed by atoms with Gasteiger partial charge in [-0.1, -0.05) is 30.3 Å². The summed E-state index contributed by atoms with van der Waals surface area (Å²) in [5, 5.41) is 2.83. The maximum atomic E-state index is 12.2. The minimum Gasteiger partial charge on any atom is -0.485 e. The summed E-state index contributed by atoms with van der Waals surface area (Å²) in [4.78, 5) is 20.4. The van der Waals surface area contributed by atoms with E-state index in [1.54, 1.807) is 30.7 Å². The van der Waals surface area contributed by atoms with Crippen molar-refractivity contribution in [2.45, 2.75) is 19.4 Å². The van der Waals surface area contributed by atoms with Crippen molar-refractivity contribution in [1.82, 2.24) is 9.97 Å². The second-order valence-electron chi connectivity index (χ2n) is 5.53. The molecule has 25 heavy (non-hydrogen) atoms. The lowest BCUT2D eigenvalue weighted by Gasteiger charge is -2.11. The Hall–Kier alpha value is -3.21. The van der Waals surface area contributed by atoms with E-state index in [2.05, 4.69) is 15.3 Å². The van der Waals surface area contributed by atoms with Crippen LogP contribution in [0.4, 0.5) is 5.82 Å². The number of hydrogen-bond donors (Lipinski definition) is 1. The number of amides is 1. The summed E-state index contributed by atoms with van der Waals surface area (Å²) in [7, 11) is 0. The highest BCUT2D eigenvalue weighted by Crippen LogP contribution is 2.22. The molecule has 1 amide bonds. The lowest BCUT2D eigenvalue weighted by atomic mass is 10.1. The van der Waals surface area contributed by atoms with E-state index < -0.39 is 0 Å².